The zero-order valence-corrected chi connectivity index (χ0v) is 16.1. The van der Waals surface area contributed by atoms with Crippen molar-refractivity contribution in [3.05, 3.63) is 98.9 Å². The molecule has 0 heterocycles. The molecule has 2 rings (SSSR count). The summed E-state index contributed by atoms with van der Waals surface area (Å²) in [5.74, 6) is 2.51. The summed E-state index contributed by atoms with van der Waals surface area (Å²) in [7, 11) is 0. The number of hydrogen-bond acceptors (Lipinski definition) is 4. The fourth-order valence-electron chi connectivity index (χ4n) is 2.81. The highest BCUT2D eigenvalue weighted by Gasteiger charge is 2.07. The number of benzene rings is 2. The maximum Gasteiger partial charge on any atom is 0.169 e. The molecule has 2 aromatic rings. The van der Waals surface area contributed by atoms with E-state index in [0.717, 1.165) is 25.7 Å². The van der Waals surface area contributed by atoms with Crippen LogP contribution in [0, 0.1) is 0 Å². The Labute approximate surface area is 167 Å². The van der Waals surface area contributed by atoms with E-state index >= 15 is 0 Å². The minimum absolute atomic E-state index is 0.621. The second kappa shape index (κ2) is 11.3. The van der Waals surface area contributed by atoms with Crippen LogP contribution in [-0.2, 0) is 12.8 Å². The van der Waals surface area contributed by atoms with Crippen LogP contribution in [0.25, 0.3) is 0 Å². The third kappa shape index (κ3) is 6.09. The van der Waals surface area contributed by atoms with Gasteiger partial charge in [0, 0.05) is 0 Å². The van der Waals surface area contributed by atoms with Crippen LogP contribution in [-0.4, -0.2) is 0 Å². The lowest BCUT2D eigenvalue weighted by Gasteiger charge is -2.11. The molecule has 0 fully saturated rings. The molecule has 0 aliphatic heterocycles. The van der Waals surface area contributed by atoms with Gasteiger partial charge in [-0.15, -0.1) is 0 Å². The second-order valence-electron chi connectivity index (χ2n) is 5.91. The third-order valence-corrected chi connectivity index (χ3v) is 4.04. The lowest BCUT2D eigenvalue weighted by molar-refractivity contribution is 0.417. The lowest BCUT2D eigenvalue weighted by atomic mass is 10.0. The topological polar surface area (TPSA) is 36.9 Å². The van der Waals surface area contributed by atoms with E-state index in [1.165, 1.54) is 36.2 Å². The Balaban J connectivity index is 1.93. The van der Waals surface area contributed by atoms with Gasteiger partial charge in [0.25, 0.3) is 0 Å². The van der Waals surface area contributed by atoms with Crippen molar-refractivity contribution in [1.82, 2.24) is 0 Å². The summed E-state index contributed by atoms with van der Waals surface area (Å²) in [6.45, 7) is 14.3. The zero-order valence-electron chi connectivity index (χ0n) is 16.1. The SMILES string of the molecule is C=COc1ccc(CCCCc2ccc(OC=C)c(OC=C)c2)cc1OC=C. The van der Waals surface area contributed by atoms with Crippen LogP contribution < -0.4 is 18.9 Å². The van der Waals surface area contributed by atoms with Gasteiger partial charge in [-0.3, -0.25) is 0 Å². The Morgan fingerprint density at radius 2 is 0.893 bits per heavy atom. The number of unbranched alkanes of at least 4 members (excludes halogenated alkanes) is 1. The van der Waals surface area contributed by atoms with E-state index in [1.807, 2.05) is 36.4 Å². The molecule has 0 aliphatic rings. The summed E-state index contributed by atoms with van der Waals surface area (Å²) in [6.07, 6.45) is 9.48. The van der Waals surface area contributed by atoms with E-state index < -0.39 is 0 Å². The smallest absolute Gasteiger partial charge is 0.169 e. The van der Waals surface area contributed by atoms with E-state index in [1.54, 1.807) is 0 Å². The van der Waals surface area contributed by atoms with E-state index in [0.29, 0.717) is 23.0 Å². The molecule has 2 aromatic carbocycles. The van der Waals surface area contributed by atoms with Gasteiger partial charge in [-0.1, -0.05) is 38.4 Å². The molecule has 146 valence electrons. The Kier molecular flexibility index (Phi) is 8.47. The molecule has 0 unspecified atom stereocenters. The fourth-order valence-corrected chi connectivity index (χ4v) is 2.81. The van der Waals surface area contributed by atoms with E-state index in [2.05, 4.69) is 26.3 Å². The molecule has 0 aromatic heterocycles. The maximum atomic E-state index is 5.42. The van der Waals surface area contributed by atoms with Gasteiger partial charge >= 0.3 is 0 Å². The molecular weight excluding hydrogens is 352 g/mol. The van der Waals surface area contributed by atoms with Crippen LogP contribution >= 0.6 is 0 Å². The molecule has 0 N–H and O–H groups in total. The number of ether oxygens (including phenoxy) is 4. The summed E-state index contributed by atoms with van der Waals surface area (Å²) in [5, 5.41) is 0. The molecule has 0 atom stereocenters. The molecule has 0 saturated carbocycles. The largest absolute Gasteiger partial charge is 0.462 e. The summed E-state index contributed by atoms with van der Waals surface area (Å²) in [5.41, 5.74) is 2.36. The highest BCUT2D eigenvalue weighted by atomic mass is 16.5. The summed E-state index contributed by atoms with van der Waals surface area (Å²) < 4.78 is 21.5. The van der Waals surface area contributed by atoms with Crippen LogP contribution in [0.4, 0.5) is 0 Å². The van der Waals surface area contributed by atoms with Crippen molar-refractivity contribution in [2.45, 2.75) is 25.7 Å². The molecule has 0 aliphatic carbocycles. The van der Waals surface area contributed by atoms with Crippen molar-refractivity contribution in [3.63, 3.8) is 0 Å². The van der Waals surface area contributed by atoms with Crippen molar-refractivity contribution in [1.29, 1.82) is 0 Å². The number of hydrogen-bond donors (Lipinski definition) is 0. The van der Waals surface area contributed by atoms with Crippen LogP contribution in [0.1, 0.15) is 24.0 Å². The van der Waals surface area contributed by atoms with Gasteiger partial charge in [0.1, 0.15) is 0 Å². The van der Waals surface area contributed by atoms with Gasteiger partial charge in [0.05, 0.1) is 25.0 Å². The van der Waals surface area contributed by atoms with E-state index in [-0.39, 0.29) is 0 Å². The van der Waals surface area contributed by atoms with Gasteiger partial charge in [0.2, 0.25) is 0 Å². The van der Waals surface area contributed by atoms with E-state index in [4.69, 9.17) is 18.9 Å². The quantitative estimate of drug-likeness (QED) is 0.301. The average molecular weight is 378 g/mol. The first-order valence-electron chi connectivity index (χ1n) is 9.08. The lowest BCUT2D eigenvalue weighted by Crippen LogP contribution is -1.94. The van der Waals surface area contributed by atoms with Crippen LogP contribution in [0.15, 0.2) is 87.8 Å². The molecule has 4 nitrogen and oxygen atoms in total. The van der Waals surface area contributed by atoms with Crippen molar-refractivity contribution < 1.29 is 18.9 Å². The van der Waals surface area contributed by atoms with Gasteiger partial charge in [-0.2, -0.15) is 0 Å². The molecule has 0 bridgehead atoms. The second-order valence-corrected chi connectivity index (χ2v) is 5.91. The summed E-state index contributed by atoms with van der Waals surface area (Å²) in [4.78, 5) is 0. The van der Waals surface area contributed by atoms with Gasteiger partial charge < -0.3 is 18.9 Å². The molecule has 4 heteroatoms. The first-order chi connectivity index (χ1) is 13.7. The zero-order chi connectivity index (χ0) is 20.2. The third-order valence-electron chi connectivity index (χ3n) is 4.04. The predicted octanol–water partition coefficient (Wildman–Crippen LogP) is 6.34. The standard InChI is InChI=1S/C24H26O4/c1-5-25-21-15-13-19(17-23(21)27-7-3)11-9-10-12-20-14-16-22(26-6-2)24(18-20)28-8-4/h5-8,13-18H,1-4,9-12H2. The minimum atomic E-state index is 0.621. The van der Waals surface area contributed by atoms with Crippen LogP contribution in [0.5, 0.6) is 23.0 Å². The molecule has 0 amide bonds. The highest BCUT2D eigenvalue weighted by Crippen LogP contribution is 2.31. The normalized spacial score (nSPS) is 9.86. The Morgan fingerprint density at radius 3 is 1.25 bits per heavy atom. The van der Waals surface area contributed by atoms with Gasteiger partial charge in [0.15, 0.2) is 23.0 Å². The Morgan fingerprint density at radius 1 is 0.536 bits per heavy atom. The van der Waals surface area contributed by atoms with Crippen molar-refractivity contribution in [2.75, 3.05) is 0 Å². The van der Waals surface area contributed by atoms with E-state index in [9.17, 15) is 0 Å². The first-order valence-corrected chi connectivity index (χ1v) is 9.08. The Bertz CT molecular complexity index is 754. The van der Waals surface area contributed by atoms with Gasteiger partial charge in [-0.05, 0) is 61.1 Å². The van der Waals surface area contributed by atoms with Crippen molar-refractivity contribution >= 4 is 0 Å². The number of rotatable bonds is 13. The van der Waals surface area contributed by atoms with Crippen LogP contribution in [0.2, 0.25) is 0 Å². The van der Waals surface area contributed by atoms with Crippen molar-refractivity contribution in [2.24, 2.45) is 0 Å². The molecule has 0 saturated heterocycles. The highest BCUT2D eigenvalue weighted by molar-refractivity contribution is 5.44. The van der Waals surface area contributed by atoms with Crippen molar-refractivity contribution in [3.8, 4) is 23.0 Å². The summed E-state index contributed by atoms with van der Waals surface area (Å²) >= 11 is 0. The maximum absolute atomic E-state index is 5.42. The van der Waals surface area contributed by atoms with Gasteiger partial charge in [-0.25, -0.2) is 0 Å². The molecule has 28 heavy (non-hydrogen) atoms. The monoisotopic (exact) mass is 378 g/mol. The first kappa shape index (κ1) is 20.9. The summed E-state index contributed by atoms with van der Waals surface area (Å²) in [6, 6.07) is 11.8. The average Bonchev–Trinajstić information content (AvgIpc) is 2.69. The predicted molar refractivity (Wildman–Crippen MR) is 113 cm³/mol. The molecule has 0 radical (unpaired) electrons. The Hall–Kier alpha value is -3.40. The molecular formula is C24H26O4. The fraction of sp³-hybridized carbons (Fsp3) is 0.167. The molecule has 0 spiro atoms. The number of aryl methyl sites for hydroxylation is 2. The minimum Gasteiger partial charge on any atom is -0.462 e. The van der Waals surface area contributed by atoms with Crippen LogP contribution in [0.3, 0.4) is 0 Å².